The lowest BCUT2D eigenvalue weighted by Crippen LogP contribution is -2.40. The van der Waals surface area contributed by atoms with E-state index in [9.17, 15) is 4.39 Å². The van der Waals surface area contributed by atoms with Crippen molar-refractivity contribution in [3.63, 3.8) is 0 Å². The molecule has 5 N–H and O–H groups in total. The minimum atomic E-state index is -0.472. The van der Waals surface area contributed by atoms with Gasteiger partial charge in [-0.15, -0.1) is 0 Å². The molecular weight excluding hydrogens is 369 g/mol. The highest BCUT2D eigenvalue weighted by Gasteiger charge is 2.19. The number of aromatic nitrogens is 3. The van der Waals surface area contributed by atoms with Crippen molar-refractivity contribution in [1.29, 1.82) is 5.41 Å². The van der Waals surface area contributed by atoms with Crippen molar-refractivity contribution in [2.45, 2.75) is 18.9 Å². The number of hydrogen-bond donors (Lipinski definition) is 3. The summed E-state index contributed by atoms with van der Waals surface area (Å²) < 4.78 is 14.1. The number of nitrogen functional groups attached to an aromatic ring is 1. The average Bonchev–Trinajstić information content (AvgIpc) is 2.74. The third-order valence-corrected chi connectivity index (χ3v) is 5.10. The van der Waals surface area contributed by atoms with Gasteiger partial charge in [0.1, 0.15) is 17.3 Å². The summed E-state index contributed by atoms with van der Waals surface area (Å²) >= 11 is 0. The monoisotopic (exact) mass is 391 g/mol. The molecular formula is C21H22FN7. The highest BCUT2D eigenvalue weighted by Crippen LogP contribution is 2.25. The van der Waals surface area contributed by atoms with Crippen molar-refractivity contribution in [1.82, 2.24) is 15.0 Å². The molecule has 0 amide bonds. The van der Waals surface area contributed by atoms with Gasteiger partial charge in [-0.05, 0) is 31.0 Å². The van der Waals surface area contributed by atoms with Crippen molar-refractivity contribution < 1.29 is 4.39 Å². The Morgan fingerprint density at radius 3 is 2.59 bits per heavy atom. The normalized spacial score (nSPS) is 14.8. The number of hydrogen-bond acceptors (Lipinski definition) is 7. The summed E-state index contributed by atoms with van der Waals surface area (Å²) in [6.07, 6.45) is 6.63. The number of piperidine rings is 1. The van der Waals surface area contributed by atoms with Crippen LogP contribution in [0.15, 0.2) is 48.9 Å². The van der Waals surface area contributed by atoms with Gasteiger partial charge in [-0.1, -0.05) is 12.1 Å². The molecule has 2 aromatic heterocycles. The summed E-state index contributed by atoms with van der Waals surface area (Å²) in [6.45, 7) is 1.66. The van der Waals surface area contributed by atoms with Crippen molar-refractivity contribution in [2.24, 2.45) is 5.73 Å². The first-order valence-corrected chi connectivity index (χ1v) is 9.45. The lowest BCUT2D eigenvalue weighted by Gasteiger charge is -2.30. The molecule has 0 aliphatic carbocycles. The van der Waals surface area contributed by atoms with Gasteiger partial charge in [0.2, 0.25) is 0 Å². The topological polar surface area (TPSA) is 118 Å². The number of pyridine rings is 1. The standard InChI is InChI=1S/C21H22FN7/c22-16-4-2-1-3-14(16)21(25)15-9-18(27-10-17(15)24)19-11-26-12-20(28-19)29-7-5-13(23)6-8-29/h1-4,9-13,25H,5-8,23-24H2. The zero-order valence-corrected chi connectivity index (χ0v) is 15.8. The van der Waals surface area contributed by atoms with Crippen LogP contribution in [-0.4, -0.2) is 39.8 Å². The van der Waals surface area contributed by atoms with E-state index < -0.39 is 5.82 Å². The van der Waals surface area contributed by atoms with E-state index in [0.717, 1.165) is 31.7 Å². The summed E-state index contributed by atoms with van der Waals surface area (Å²) in [5.41, 5.74) is 14.0. The number of halogens is 1. The third-order valence-electron chi connectivity index (χ3n) is 5.10. The van der Waals surface area contributed by atoms with Crippen molar-refractivity contribution in [2.75, 3.05) is 23.7 Å². The Balaban J connectivity index is 1.67. The minimum absolute atomic E-state index is 0.00150. The molecule has 0 atom stereocenters. The average molecular weight is 391 g/mol. The Morgan fingerprint density at radius 2 is 1.83 bits per heavy atom. The van der Waals surface area contributed by atoms with Crippen LogP contribution in [-0.2, 0) is 0 Å². The molecule has 7 nitrogen and oxygen atoms in total. The molecule has 0 unspecified atom stereocenters. The van der Waals surface area contributed by atoms with Gasteiger partial charge in [0, 0.05) is 30.3 Å². The summed E-state index contributed by atoms with van der Waals surface area (Å²) in [7, 11) is 0. The van der Waals surface area contributed by atoms with Crippen LogP contribution in [0.3, 0.4) is 0 Å². The number of rotatable bonds is 4. The fourth-order valence-electron chi connectivity index (χ4n) is 3.39. The predicted molar refractivity (Wildman–Crippen MR) is 111 cm³/mol. The number of nitrogens with one attached hydrogen (secondary N) is 1. The van der Waals surface area contributed by atoms with Gasteiger partial charge in [-0.25, -0.2) is 9.37 Å². The van der Waals surface area contributed by atoms with E-state index in [0.29, 0.717) is 22.6 Å². The SMILES string of the molecule is N=C(c1cc(-c2cncc(N3CCC(N)CC3)n2)ncc1N)c1ccccc1F. The Kier molecular flexibility index (Phi) is 5.18. The first-order valence-electron chi connectivity index (χ1n) is 9.45. The molecule has 1 saturated heterocycles. The Bertz CT molecular complexity index is 1040. The van der Waals surface area contributed by atoms with Crippen LogP contribution in [0.4, 0.5) is 15.9 Å². The van der Waals surface area contributed by atoms with Gasteiger partial charge in [0.15, 0.2) is 0 Å². The van der Waals surface area contributed by atoms with E-state index in [2.05, 4.69) is 19.9 Å². The molecule has 1 aliphatic heterocycles. The fourth-order valence-corrected chi connectivity index (χ4v) is 3.39. The largest absolute Gasteiger partial charge is 0.397 e. The lowest BCUT2D eigenvalue weighted by atomic mass is 10.0. The molecule has 0 bridgehead atoms. The molecule has 3 heterocycles. The summed E-state index contributed by atoms with van der Waals surface area (Å²) in [6, 6.07) is 8.03. The van der Waals surface area contributed by atoms with Crippen LogP contribution in [0.2, 0.25) is 0 Å². The van der Waals surface area contributed by atoms with Gasteiger partial charge in [0.25, 0.3) is 0 Å². The van der Waals surface area contributed by atoms with E-state index in [1.165, 1.54) is 12.3 Å². The quantitative estimate of drug-likeness (QED) is 0.589. The smallest absolute Gasteiger partial charge is 0.147 e. The van der Waals surface area contributed by atoms with E-state index in [1.54, 1.807) is 36.7 Å². The van der Waals surface area contributed by atoms with Gasteiger partial charge in [-0.2, -0.15) is 0 Å². The predicted octanol–water partition coefficient (Wildman–Crippen LogP) is 2.60. The van der Waals surface area contributed by atoms with Crippen LogP contribution in [0.1, 0.15) is 24.0 Å². The van der Waals surface area contributed by atoms with Gasteiger partial charge >= 0.3 is 0 Å². The maximum atomic E-state index is 14.1. The van der Waals surface area contributed by atoms with Crippen molar-refractivity contribution >= 4 is 17.2 Å². The molecule has 148 valence electrons. The maximum Gasteiger partial charge on any atom is 0.147 e. The highest BCUT2D eigenvalue weighted by molar-refractivity contribution is 6.14. The summed E-state index contributed by atoms with van der Waals surface area (Å²) in [5.74, 6) is 0.291. The Hall–Kier alpha value is -3.39. The van der Waals surface area contributed by atoms with E-state index in [1.807, 2.05) is 0 Å². The third kappa shape index (κ3) is 3.93. The second-order valence-electron chi connectivity index (χ2n) is 7.10. The minimum Gasteiger partial charge on any atom is -0.397 e. The molecule has 1 aliphatic rings. The van der Waals surface area contributed by atoms with E-state index in [4.69, 9.17) is 16.9 Å². The molecule has 0 spiro atoms. The zero-order chi connectivity index (χ0) is 20.4. The molecule has 29 heavy (non-hydrogen) atoms. The number of nitrogens with two attached hydrogens (primary N) is 2. The highest BCUT2D eigenvalue weighted by atomic mass is 19.1. The molecule has 0 saturated carbocycles. The van der Waals surface area contributed by atoms with Gasteiger partial charge in [-0.3, -0.25) is 15.4 Å². The summed E-state index contributed by atoms with van der Waals surface area (Å²) in [4.78, 5) is 15.5. The zero-order valence-electron chi connectivity index (χ0n) is 15.8. The first-order chi connectivity index (χ1) is 14.0. The number of nitrogens with zero attached hydrogens (tertiary/aromatic N) is 4. The van der Waals surface area contributed by atoms with Crippen molar-refractivity contribution in [3.05, 3.63) is 65.9 Å². The molecule has 0 radical (unpaired) electrons. The van der Waals surface area contributed by atoms with Crippen molar-refractivity contribution in [3.8, 4) is 11.4 Å². The second kappa shape index (κ2) is 7.92. The molecule has 4 rings (SSSR count). The first kappa shape index (κ1) is 18.9. The number of anilines is 2. The molecule has 1 fully saturated rings. The van der Waals surface area contributed by atoms with Crippen LogP contribution < -0.4 is 16.4 Å². The molecule has 3 aromatic rings. The Labute approximate surface area is 168 Å². The van der Waals surface area contributed by atoms with Crippen LogP contribution in [0.5, 0.6) is 0 Å². The van der Waals surface area contributed by atoms with Gasteiger partial charge in [0.05, 0.1) is 35.7 Å². The maximum absolute atomic E-state index is 14.1. The van der Waals surface area contributed by atoms with Crippen LogP contribution in [0, 0.1) is 11.2 Å². The second-order valence-corrected chi connectivity index (χ2v) is 7.10. The van der Waals surface area contributed by atoms with Gasteiger partial charge < -0.3 is 16.4 Å². The molecule has 1 aromatic carbocycles. The van der Waals surface area contributed by atoms with Crippen LogP contribution >= 0.6 is 0 Å². The lowest BCUT2D eigenvalue weighted by molar-refractivity contribution is 0.498. The van der Waals surface area contributed by atoms with E-state index in [-0.39, 0.29) is 17.3 Å². The molecule has 8 heteroatoms. The fraction of sp³-hybridized carbons (Fsp3) is 0.238. The number of benzene rings is 1. The van der Waals surface area contributed by atoms with Crippen LogP contribution in [0.25, 0.3) is 11.4 Å². The van der Waals surface area contributed by atoms with E-state index >= 15 is 0 Å². The summed E-state index contributed by atoms with van der Waals surface area (Å²) in [5, 5.41) is 8.43. The Morgan fingerprint density at radius 1 is 1.07 bits per heavy atom.